The van der Waals surface area contributed by atoms with Crippen LogP contribution in [0.15, 0.2) is 36.5 Å². The monoisotopic (exact) mass is 261 g/mol. The first-order valence-corrected chi connectivity index (χ1v) is 5.57. The summed E-state index contributed by atoms with van der Waals surface area (Å²) in [5, 5.41) is 23.3. The summed E-state index contributed by atoms with van der Waals surface area (Å²) in [5.74, 6) is -0.870. The van der Waals surface area contributed by atoms with E-state index in [2.05, 4.69) is 5.10 Å². The van der Waals surface area contributed by atoms with Crippen molar-refractivity contribution >= 4 is 11.7 Å². The lowest BCUT2D eigenvalue weighted by molar-refractivity contribution is -0.384. The van der Waals surface area contributed by atoms with Gasteiger partial charge >= 0.3 is 5.97 Å². The van der Waals surface area contributed by atoms with Gasteiger partial charge in [0.25, 0.3) is 5.69 Å². The van der Waals surface area contributed by atoms with Gasteiger partial charge in [-0.3, -0.25) is 14.9 Å². The van der Waals surface area contributed by atoms with E-state index in [0.717, 1.165) is 0 Å². The lowest BCUT2D eigenvalue weighted by atomic mass is 10.2. The molecule has 19 heavy (non-hydrogen) atoms. The zero-order valence-electron chi connectivity index (χ0n) is 9.89. The fraction of sp³-hybridized carbons (Fsp3) is 0.167. The number of aromatic nitrogens is 2. The van der Waals surface area contributed by atoms with E-state index in [4.69, 9.17) is 5.11 Å². The third-order valence-electron chi connectivity index (χ3n) is 2.56. The van der Waals surface area contributed by atoms with E-state index in [0.29, 0.717) is 17.8 Å². The number of hydrogen-bond donors (Lipinski definition) is 1. The first-order chi connectivity index (χ1) is 9.06. The fourth-order valence-electron chi connectivity index (χ4n) is 1.60. The molecule has 0 saturated heterocycles. The third-order valence-corrected chi connectivity index (χ3v) is 2.56. The molecular formula is C12H11N3O4. The number of carboxylic acid groups (broad SMARTS) is 1. The largest absolute Gasteiger partial charge is 0.481 e. The van der Waals surface area contributed by atoms with E-state index in [1.165, 1.54) is 12.1 Å². The molecule has 0 unspecified atom stereocenters. The van der Waals surface area contributed by atoms with Crippen LogP contribution in [-0.4, -0.2) is 25.8 Å². The van der Waals surface area contributed by atoms with Crippen molar-refractivity contribution in [1.82, 2.24) is 9.78 Å². The maximum Gasteiger partial charge on any atom is 0.303 e. The Balaban J connectivity index is 2.13. The molecule has 0 fully saturated rings. The molecule has 0 bridgehead atoms. The number of nitro groups is 1. The van der Waals surface area contributed by atoms with E-state index in [-0.39, 0.29) is 12.1 Å². The van der Waals surface area contributed by atoms with Gasteiger partial charge in [0, 0.05) is 24.8 Å². The van der Waals surface area contributed by atoms with Crippen LogP contribution in [0, 0.1) is 10.1 Å². The van der Waals surface area contributed by atoms with E-state index < -0.39 is 10.9 Å². The first kappa shape index (κ1) is 12.7. The van der Waals surface area contributed by atoms with Crippen LogP contribution < -0.4 is 0 Å². The molecule has 0 amide bonds. The second-order valence-corrected chi connectivity index (χ2v) is 3.92. The van der Waals surface area contributed by atoms with Gasteiger partial charge in [-0.15, -0.1) is 0 Å². The van der Waals surface area contributed by atoms with Gasteiger partial charge in [-0.1, -0.05) is 0 Å². The number of aryl methyl sites for hydroxylation is 1. The number of non-ortho nitro benzene ring substituents is 1. The highest BCUT2D eigenvalue weighted by Crippen LogP contribution is 2.15. The maximum absolute atomic E-state index is 10.5. The molecule has 1 heterocycles. The van der Waals surface area contributed by atoms with Gasteiger partial charge in [-0.2, -0.15) is 5.10 Å². The molecule has 0 radical (unpaired) electrons. The molecule has 1 aromatic heterocycles. The number of carboxylic acids is 1. The van der Waals surface area contributed by atoms with Gasteiger partial charge in [-0.05, 0) is 18.2 Å². The van der Waals surface area contributed by atoms with Crippen LogP contribution in [0.5, 0.6) is 0 Å². The van der Waals surface area contributed by atoms with Crippen molar-refractivity contribution in [3.05, 3.63) is 52.3 Å². The Morgan fingerprint density at radius 3 is 2.58 bits per heavy atom. The highest BCUT2D eigenvalue weighted by molar-refractivity contribution is 5.66. The summed E-state index contributed by atoms with van der Waals surface area (Å²) in [5.41, 5.74) is 1.37. The number of aliphatic carboxylic acids is 1. The Morgan fingerprint density at radius 2 is 2.00 bits per heavy atom. The van der Waals surface area contributed by atoms with Gasteiger partial charge in [0.1, 0.15) is 0 Å². The topological polar surface area (TPSA) is 98.3 Å². The Labute approximate surface area is 108 Å². The fourth-order valence-corrected chi connectivity index (χ4v) is 1.60. The van der Waals surface area contributed by atoms with Crippen LogP contribution in [0.2, 0.25) is 0 Å². The minimum atomic E-state index is -0.870. The summed E-state index contributed by atoms with van der Waals surface area (Å²) in [7, 11) is 0. The predicted molar refractivity (Wildman–Crippen MR) is 66.2 cm³/mol. The summed E-state index contributed by atoms with van der Waals surface area (Å²) in [4.78, 5) is 20.5. The van der Waals surface area contributed by atoms with Gasteiger partial charge in [0.15, 0.2) is 0 Å². The van der Waals surface area contributed by atoms with Gasteiger partial charge < -0.3 is 5.11 Å². The van der Waals surface area contributed by atoms with Crippen molar-refractivity contribution in [2.24, 2.45) is 0 Å². The van der Waals surface area contributed by atoms with Crippen LogP contribution in [0.1, 0.15) is 12.1 Å². The lowest BCUT2D eigenvalue weighted by Crippen LogP contribution is -2.00. The molecule has 0 aliphatic rings. The van der Waals surface area contributed by atoms with Crippen LogP contribution in [0.25, 0.3) is 5.69 Å². The molecule has 0 aliphatic heterocycles. The van der Waals surface area contributed by atoms with E-state index >= 15 is 0 Å². The molecule has 1 N–H and O–H groups in total. The van der Waals surface area contributed by atoms with Crippen molar-refractivity contribution in [3.8, 4) is 5.69 Å². The summed E-state index contributed by atoms with van der Waals surface area (Å²) >= 11 is 0. The number of nitrogens with zero attached hydrogens (tertiary/aromatic N) is 3. The van der Waals surface area contributed by atoms with Crippen molar-refractivity contribution in [1.29, 1.82) is 0 Å². The van der Waals surface area contributed by atoms with Crippen LogP contribution >= 0.6 is 0 Å². The second kappa shape index (κ2) is 5.30. The standard InChI is InChI=1S/C12H11N3O4/c16-12(17)6-1-9-7-8-14(13-9)10-2-4-11(5-3-10)15(18)19/h2-5,7-8H,1,6H2,(H,16,17). The summed E-state index contributed by atoms with van der Waals surface area (Å²) < 4.78 is 1.56. The Morgan fingerprint density at radius 1 is 1.32 bits per heavy atom. The van der Waals surface area contributed by atoms with Crippen LogP contribution in [0.3, 0.4) is 0 Å². The molecule has 0 aliphatic carbocycles. The first-order valence-electron chi connectivity index (χ1n) is 5.57. The number of benzene rings is 1. The zero-order chi connectivity index (χ0) is 13.8. The number of carbonyl (C=O) groups is 1. The molecular weight excluding hydrogens is 250 g/mol. The van der Waals surface area contributed by atoms with Crippen molar-refractivity contribution < 1.29 is 14.8 Å². The number of nitro benzene ring substituents is 1. The minimum absolute atomic E-state index is 0.0157. The van der Waals surface area contributed by atoms with Crippen molar-refractivity contribution in [3.63, 3.8) is 0 Å². The van der Waals surface area contributed by atoms with Crippen LogP contribution in [0.4, 0.5) is 5.69 Å². The normalized spacial score (nSPS) is 10.3. The average Bonchev–Trinajstić information content (AvgIpc) is 2.85. The highest BCUT2D eigenvalue weighted by atomic mass is 16.6. The number of hydrogen-bond acceptors (Lipinski definition) is 4. The van der Waals surface area contributed by atoms with E-state index in [1.54, 1.807) is 29.1 Å². The minimum Gasteiger partial charge on any atom is -0.481 e. The molecule has 7 nitrogen and oxygen atoms in total. The van der Waals surface area contributed by atoms with Crippen molar-refractivity contribution in [2.45, 2.75) is 12.8 Å². The summed E-state index contributed by atoms with van der Waals surface area (Å²) in [6.45, 7) is 0. The SMILES string of the molecule is O=C(O)CCc1ccn(-c2ccc([N+](=O)[O-])cc2)n1. The summed E-state index contributed by atoms with van der Waals surface area (Å²) in [6, 6.07) is 7.70. The highest BCUT2D eigenvalue weighted by Gasteiger charge is 2.07. The van der Waals surface area contributed by atoms with Crippen molar-refractivity contribution in [2.75, 3.05) is 0 Å². The maximum atomic E-state index is 10.5. The number of rotatable bonds is 5. The lowest BCUT2D eigenvalue weighted by Gasteiger charge is -2.00. The molecule has 0 saturated carbocycles. The van der Waals surface area contributed by atoms with E-state index in [1.807, 2.05) is 0 Å². The third kappa shape index (κ3) is 3.15. The Kier molecular flexibility index (Phi) is 3.56. The Bertz CT molecular complexity index is 604. The molecule has 2 rings (SSSR count). The van der Waals surface area contributed by atoms with Crippen LogP contribution in [-0.2, 0) is 11.2 Å². The molecule has 7 heteroatoms. The molecule has 1 aromatic carbocycles. The molecule has 0 atom stereocenters. The smallest absolute Gasteiger partial charge is 0.303 e. The van der Waals surface area contributed by atoms with E-state index in [9.17, 15) is 14.9 Å². The molecule has 98 valence electrons. The quantitative estimate of drug-likeness (QED) is 0.653. The zero-order valence-corrected chi connectivity index (χ0v) is 9.89. The van der Waals surface area contributed by atoms with Gasteiger partial charge in [0.2, 0.25) is 0 Å². The Hall–Kier alpha value is -2.70. The predicted octanol–water partition coefficient (Wildman–Crippen LogP) is 1.80. The van der Waals surface area contributed by atoms with Gasteiger partial charge in [0.05, 0.1) is 22.7 Å². The van der Waals surface area contributed by atoms with Gasteiger partial charge in [-0.25, -0.2) is 4.68 Å². The molecule has 0 spiro atoms. The average molecular weight is 261 g/mol. The summed E-state index contributed by atoms with van der Waals surface area (Å²) in [6.07, 6.45) is 2.07. The molecule has 2 aromatic rings. The second-order valence-electron chi connectivity index (χ2n) is 3.92.